The van der Waals surface area contributed by atoms with E-state index >= 15 is 0 Å². The van der Waals surface area contributed by atoms with Crippen LogP contribution in [-0.4, -0.2) is 51.1 Å². The molecule has 10 nitrogen and oxygen atoms in total. The van der Waals surface area contributed by atoms with E-state index in [9.17, 15) is 33.7 Å². The molecule has 0 bridgehead atoms. The lowest BCUT2D eigenvalue weighted by molar-refractivity contribution is -0.385. The zero-order valence-corrected chi connectivity index (χ0v) is 18.6. The number of imide groups is 1. The van der Waals surface area contributed by atoms with E-state index in [4.69, 9.17) is 4.74 Å². The molecule has 2 heterocycles. The summed E-state index contributed by atoms with van der Waals surface area (Å²) in [5.41, 5.74) is 1.09. The monoisotopic (exact) mass is 479 g/mol. The summed E-state index contributed by atoms with van der Waals surface area (Å²) in [4.78, 5) is 61.0. The number of nitro benzene ring substituents is 1. The van der Waals surface area contributed by atoms with Gasteiger partial charge in [0.05, 0.1) is 10.5 Å². The molecule has 11 heteroatoms. The number of carbonyl (C=O) groups is 4. The van der Waals surface area contributed by atoms with E-state index in [0.29, 0.717) is 22.0 Å². The molecule has 1 aliphatic rings. The molecule has 0 aliphatic carbocycles. The Bertz CT molecular complexity index is 1410. The first kappa shape index (κ1) is 23.5. The molecule has 0 atom stereocenters. The highest BCUT2D eigenvalue weighted by molar-refractivity contribution is 6.24. The second-order valence-corrected chi connectivity index (χ2v) is 7.83. The largest absolute Gasteiger partial charge is 0.456 e. The third-order valence-corrected chi connectivity index (χ3v) is 5.64. The van der Waals surface area contributed by atoms with E-state index in [0.717, 1.165) is 6.07 Å². The van der Waals surface area contributed by atoms with Crippen LogP contribution in [0.1, 0.15) is 42.5 Å². The third-order valence-electron chi connectivity index (χ3n) is 5.64. The average Bonchev–Trinajstić information content (AvgIpc) is 3.25. The number of ketones is 1. The summed E-state index contributed by atoms with van der Waals surface area (Å²) in [5.74, 6) is -3.78. The van der Waals surface area contributed by atoms with Gasteiger partial charge in [0.15, 0.2) is 6.61 Å². The number of fused-ring (bicyclic) bond motifs is 1. The summed E-state index contributed by atoms with van der Waals surface area (Å²) in [5, 5.41) is 11.2. The number of nitro groups is 1. The van der Waals surface area contributed by atoms with E-state index in [-0.39, 0.29) is 16.7 Å². The van der Waals surface area contributed by atoms with Gasteiger partial charge in [0, 0.05) is 28.7 Å². The molecule has 178 valence electrons. The van der Waals surface area contributed by atoms with Crippen LogP contribution in [0.25, 0.3) is 5.69 Å². The Morgan fingerprint density at radius 2 is 1.74 bits per heavy atom. The van der Waals surface area contributed by atoms with Gasteiger partial charge in [0.25, 0.3) is 17.5 Å². The zero-order chi connectivity index (χ0) is 25.4. The molecule has 0 saturated heterocycles. The lowest BCUT2D eigenvalue weighted by Gasteiger charge is -2.13. The van der Waals surface area contributed by atoms with Crippen molar-refractivity contribution >= 4 is 29.3 Å². The van der Waals surface area contributed by atoms with Crippen molar-refractivity contribution in [2.45, 2.75) is 13.8 Å². The fraction of sp³-hybridized carbons (Fsp3) is 0.167. The van der Waals surface area contributed by atoms with Crippen LogP contribution in [0, 0.1) is 29.8 Å². The Morgan fingerprint density at radius 3 is 2.40 bits per heavy atom. The second-order valence-electron chi connectivity index (χ2n) is 7.83. The second kappa shape index (κ2) is 8.93. The summed E-state index contributed by atoms with van der Waals surface area (Å²) < 4.78 is 20.0. The average molecular weight is 479 g/mol. The molecule has 3 aromatic rings. The first-order valence-electron chi connectivity index (χ1n) is 10.4. The Kier molecular flexibility index (Phi) is 6.00. The Hall–Kier alpha value is -4.67. The van der Waals surface area contributed by atoms with Gasteiger partial charge in [-0.25, -0.2) is 4.39 Å². The van der Waals surface area contributed by atoms with Crippen LogP contribution in [-0.2, 0) is 9.53 Å². The van der Waals surface area contributed by atoms with Crippen molar-refractivity contribution in [3.8, 4) is 5.69 Å². The number of aryl methyl sites for hydroxylation is 1. The number of rotatable bonds is 7. The van der Waals surface area contributed by atoms with Gasteiger partial charge < -0.3 is 9.30 Å². The fourth-order valence-electron chi connectivity index (χ4n) is 4.04. The molecule has 4 rings (SSSR count). The van der Waals surface area contributed by atoms with Crippen molar-refractivity contribution < 1.29 is 33.2 Å². The predicted octanol–water partition coefficient (Wildman–Crippen LogP) is 3.16. The van der Waals surface area contributed by atoms with E-state index in [2.05, 4.69) is 0 Å². The van der Waals surface area contributed by atoms with Crippen molar-refractivity contribution in [1.82, 2.24) is 9.47 Å². The minimum absolute atomic E-state index is 0.179. The highest BCUT2D eigenvalue weighted by Gasteiger charge is 2.42. The lowest BCUT2D eigenvalue weighted by Crippen LogP contribution is -2.36. The number of carbonyl (C=O) groups excluding carboxylic acids is 4. The molecule has 2 amide bonds. The molecule has 35 heavy (non-hydrogen) atoms. The minimum atomic E-state index is -1.03. The van der Waals surface area contributed by atoms with Crippen molar-refractivity contribution in [1.29, 1.82) is 0 Å². The Morgan fingerprint density at radius 1 is 1.06 bits per heavy atom. The maximum absolute atomic E-state index is 13.3. The first-order valence-corrected chi connectivity index (χ1v) is 10.4. The number of esters is 1. The summed E-state index contributed by atoms with van der Waals surface area (Å²) in [6, 6.07) is 11.0. The minimum Gasteiger partial charge on any atom is -0.456 e. The quantitative estimate of drug-likeness (QED) is 0.167. The number of hydrogen-bond donors (Lipinski definition) is 0. The van der Waals surface area contributed by atoms with Gasteiger partial charge in [-0.05, 0) is 50.2 Å². The normalized spacial score (nSPS) is 12.6. The number of nitrogens with zero attached hydrogens (tertiary/aromatic N) is 3. The summed E-state index contributed by atoms with van der Waals surface area (Å²) >= 11 is 0. The van der Waals surface area contributed by atoms with Gasteiger partial charge in [-0.3, -0.25) is 34.2 Å². The number of Topliss-reactive ketones (excluding diaryl/α,β-unsaturated/α-hetero) is 1. The van der Waals surface area contributed by atoms with Crippen molar-refractivity contribution in [2.75, 3.05) is 13.2 Å². The standard InChI is InChI=1S/C24H18FN3O7/c1-13-10-18(14(2)27(13)16-8-6-15(25)7-9-16)20(29)12-35-21(30)11-26-23(31)17-4-3-5-19(28(33)34)22(17)24(26)32/h3-10H,11-12H2,1-2H3. The van der Waals surface area contributed by atoms with Crippen molar-refractivity contribution in [3.63, 3.8) is 0 Å². The highest BCUT2D eigenvalue weighted by atomic mass is 19.1. The molecule has 0 fully saturated rings. The van der Waals surface area contributed by atoms with Crippen LogP contribution < -0.4 is 0 Å². The number of amides is 2. The molecule has 0 N–H and O–H groups in total. The molecular formula is C24H18FN3O7. The van der Waals surface area contributed by atoms with Crippen LogP contribution in [0.15, 0.2) is 48.5 Å². The first-order chi connectivity index (χ1) is 16.6. The topological polar surface area (TPSA) is 129 Å². The van der Waals surface area contributed by atoms with Gasteiger partial charge in [-0.1, -0.05) is 6.07 Å². The highest BCUT2D eigenvalue weighted by Crippen LogP contribution is 2.30. The smallest absolute Gasteiger partial charge is 0.326 e. The van der Waals surface area contributed by atoms with E-state index in [1.807, 2.05) is 0 Å². The molecule has 0 saturated carbocycles. The molecule has 0 spiro atoms. The zero-order valence-electron chi connectivity index (χ0n) is 18.6. The number of benzene rings is 2. The molecule has 0 radical (unpaired) electrons. The summed E-state index contributed by atoms with van der Waals surface area (Å²) in [7, 11) is 0. The summed E-state index contributed by atoms with van der Waals surface area (Å²) in [6.45, 7) is 2.01. The van der Waals surface area contributed by atoms with E-state index in [1.54, 1.807) is 36.6 Å². The number of aromatic nitrogens is 1. The molecular weight excluding hydrogens is 461 g/mol. The van der Waals surface area contributed by atoms with Crippen LogP contribution in [0.2, 0.25) is 0 Å². The summed E-state index contributed by atoms with van der Waals surface area (Å²) in [6.07, 6.45) is 0. The SMILES string of the molecule is Cc1cc(C(=O)COC(=O)CN2C(=O)c3cccc([N+](=O)[O-])c3C2=O)c(C)n1-c1ccc(F)cc1. The van der Waals surface area contributed by atoms with Crippen molar-refractivity contribution in [3.05, 3.63) is 92.5 Å². The maximum atomic E-state index is 13.3. The molecule has 1 aromatic heterocycles. The van der Waals surface area contributed by atoms with Gasteiger partial charge in [0.1, 0.15) is 17.9 Å². The predicted molar refractivity (Wildman–Crippen MR) is 119 cm³/mol. The number of halogens is 1. The maximum Gasteiger partial charge on any atom is 0.326 e. The fourth-order valence-corrected chi connectivity index (χ4v) is 4.04. The Balaban J connectivity index is 1.44. The van der Waals surface area contributed by atoms with E-state index in [1.165, 1.54) is 24.3 Å². The molecule has 2 aromatic carbocycles. The number of ether oxygens (including phenoxy) is 1. The molecule has 1 aliphatic heterocycles. The molecule has 0 unspecified atom stereocenters. The Labute approximate surface area is 197 Å². The van der Waals surface area contributed by atoms with Gasteiger partial charge in [-0.15, -0.1) is 0 Å². The van der Waals surface area contributed by atoms with Crippen molar-refractivity contribution in [2.24, 2.45) is 0 Å². The van der Waals surface area contributed by atoms with Crippen LogP contribution in [0.5, 0.6) is 0 Å². The lowest BCUT2D eigenvalue weighted by atomic mass is 10.1. The van der Waals surface area contributed by atoms with Crippen LogP contribution >= 0.6 is 0 Å². The van der Waals surface area contributed by atoms with Gasteiger partial charge >= 0.3 is 5.97 Å². The third kappa shape index (κ3) is 4.19. The van der Waals surface area contributed by atoms with Crippen LogP contribution in [0.4, 0.5) is 10.1 Å². The van der Waals surface area contributed by atoms with E-state index < -0.39 is 53.1 Å². The van der Waals surface area contributed by atoms with Crippen LogP contribution in [0.3, 0.4) is 0 Å². The van der Waals surface area contributed by atoms with Gasteiger partial charge in [-0.2, -0.15) is 0 Å². The number of hydrogen-bond acceptors (Lipinski definition) is 7. The van der Waals surface area contributed by atoms with Gasteiger partial charge in [0.2, 0.25) is 5.78 Å².